The molecule has 0 saturated heterocycles. The van der Waals surface area contributed by atoms with Gasteiger partial charge in [-0.15, -0.1) is 0 Å². The summed E-state index contributed by atoms with van der Waals surface area (Å²) in [5.41, 5.74) is -12.4. The van der Waals surface area contributed by atoms with E-state index in [1.54, 1.807) is 30.3 Å². The van der Waals surface area contributed by atoms with Crippen LogP contribution in [0.15, 0.2) is 30.3 Å². The fourth-order valence-electron chi connectivity index (χ4n) is 0.870. The lowest BCUT2D eigenvalue weighted by atomic mass is 10.4. The van der Waals surface area contributed by atoms with E-state index in [-0.39, 0.29) is 0 Å². The van der Waals surface area contributed by atoms with Crippen molar-refractivity contribution in [3.8, 4) is 0 Å². The first-order valence-corrected chi connectivity index (χ1v) is 11.3. The standard InChI is InChI=1S/C8H7F3I.C2F6NO4S2/c9-8(10,11)6-12-7-4-2-1-3-5-7;3-1(4,5)14(10,11)9-15(12,13)2(6,7)8/h1-5H,6H2;/q+1;-1. The molecular formula is C10H7F9INO4S2. The third-order valence-electron chi connectivity index (χ3n) is 1.89. The van der Waals surface area contributed by atoms with Gasteiger partial charge in [0.25, 0.3) is 0 Å². The highest BCUT2D eigenvalue weighted by Gasteiger charge is 2.46. The second-order valence-corrected chi connectivity index (χ2v) is 10.3. The molecule has 0 aliphatic carbocycles. The minimum absolute atomic E-state index is 0.629. The van der Waals surface area contributed by atoms with E-state index < -0.39 is 62.9 Å². The Hall–Kier alpha value is -0.820. The largest absolute Gasteiger partial charge is 0.480 e. The van der Waals surface area contributed by atoms with E-state index in [4.69, 9.17) is 0 Å². The van der Waals surface area contributed by atoms with Gasteiger partial charge in [-0.3, -0.25) is 0 Å². The fraction of sp³-hybridized carbons (Fsp3) is 0.400. The Morgan fingerprint density at radius 2 is 1.11 bits per heavy atom. The van der Waals surface area contributed by atoms with Crippen LogP contribution in [0, 0.1) is 3.57 Å². The Morgan fingerprint density at radius 1 is 0.741 bits per heavy atom. The van der Waals surface area contributed by atoms with Gasteiger partial charge in [0.2, 0.25) is 4.43 Å². The fourth-order valence-corrected chi connectivity index (χ4v) is 4.38. The first kappa shape index (κ1) is 26.2. The van der Waals surface area contributed by atoms with Gasteiger partial charge >= 0.3 is 38.4 Å². The molecule has 0 atom stereocenters. The second kappa shape index (κ2) is 9.12. The third kappa shape index (κ3) is 9.79. The Labute approximate surface area is 157 Å². The molecule has 0 radical (unpaired) electrons. The Bertz CT molecular complexity index is 760. The molecule has 0 heterocycles. The van der Waals surface area contributed by atoms with Crippen LogP contribution in [0.3, 0.4) is 0 Å². The maximum absolute atomic E-state index is 11.8. The maximum Gasteiger partial charge on any atom is 0.480 e. The molecule has 0 saturated carbocycles. The van der Waals surface area contributed by atoms with E-state index in [2.05, 4.69) is 0 Å². The van der Waals surface area contributed by atoms with Crippen molar-refractivity contribution >= 4 is 20.0 Å². The van der Waals surface area contributed by atoms with Crippen LogP contribution in [0.5, 0.6) is 0 Å². The van der Waals surface area contributed by atoms with Gasteiger partial charge in [0.05, 0.1) is 0 Å². The summed E-state index contributed by atoms with van der Waals surface area (Å²) in [6.45, 7) is 0. The molecule has 27 heavy (non-hydrogen) atoms. The number of benzene rings is 1. The van der Waals surface area contributed by atoms with E-state index >= 15 is 0 Å². The minimum Gasteiger partial charge on any atom is -0.421 e. The topological polar surface area (TPSA) is 82.4 Å². The molecule has 0 aromatic heterocycles. The first-order valence-electron chi connectivity index (χ1n) is 5.86. The first-order chi connectivity index (χ1) is 11.8. The summed E-state index contributed by atoms with van der Waals surface area (Å²) in [7, 11) is -13.4. The number of hydrogen-bond acceptors (Lipinski definition) is 4. The van der Waals surface area contributed by atoms with Gasteiger partial charge < -0.3 is 4.13 Å². The SMILES string of the molecule is FC(F)(F)C[I+]c1ccccc1.O=S(=O)([N-]S(=O)(=O)C(F)(F)F)C(F)(F)F. The molecule has 0 unspecified atom stereocenters. The van der Waals surface area contributed by atoms with Gasteiger partial charge in [-0.05, 0) is 12.1 Å². The van der Waals surface area contributed by atoms with Crippen molar-refractivity contribution in [2.45, 2.75) is 17.2 Å². The number of nitrogens with zero attached hydrogens (tertiary/aromatic N) is 1. The van der Waals surface area contributed by atoms with Crippen LogP contribution in [0.1, 0.15) is 0 Å². The van der Waals surface area contributed by atoms with Crippen molar-refractivity contribution in [2.75, 3.05) is 4.43 Å². The van der Waals surface area contributed by atoms with Crippen LogP contribution in [-0.2, 0) is 20.0 Å². The number of alkyl halides is 10. The maximum atomic E-state index is 11.8. The average molecular weight is 567 g/mol. The molecule has 0 aliphatic heterocycles. The molecule has 5 nitrogen and oxygen atoms in total. The smallest absolute Gasteiger partial charge is 0.421 e. The minimum atomic E-state index is -6.72. The highest BCUT2D eigenvalue weighted by Crippen LogP contribution is 2.36. The zero-order chi connectivity index (χ0) is 21.7. The number of rotatable bonds is 4. The van der Waals surface area contributed by atoms with E-state index in [9.17, 15) is 56.3 Å². The van der Waals surface area contributed by atoms with Crippen molar-refractivity contribution in [1.82, 2.24) is 0 Å². The predicted octanol–water partition coefficient (Wildman–Crippen LogP) is 0.567. The normalized spacial score (nSPS) is 13.7. The second-order valence-electron chi connectivity index (χ2n) is 4.09. The van der Waals surface area contributed by atoms with Crippen LogP contribution in [0.4, 0.5) is 39.5 Å². The molecule has 0 aliphatic rings. The van der Waals surface area contributed by atoms with E-state index in [0.29, 0.717) is 0 Å². The third-order valence-corrected chi connectivity index (χ3v) is 7.47. The van der Waals surface area contributed by atoms with Crippen LogP contribution < -0.4 is 21.2 Å². The van der Waals surface area contributed by atoms with Crippen molar-refractivity contribution in [3.63, 3.8) is 0 Å². The molecule has 1 rings (SSSR count). The monoisotopic (exact) mass is 567 g/mol. The molecular weight excluding hydrogens is 560 g/mol. The van der Waals surface area contributed by atoms with Gasteiger partial charge in [0.1, 0.15) is 0 Å². The van der Waals surface area contributed by atoms with E-state index in [1.807, 2.05) is 0 Å². The summed E-state index contributed by atoms with van der Waals surface area (Å²) in [4.78, 5) is 0. The van der Waals surface area contributed by atoms with Crippen LogP contribution in [0.25, 0.3) is 4.13 Å². The molecule has 158 valence electrons. The van der Waals surface area contributed by atoms with Crippen molar-refractivity contribution in [1.29, 1.82) is 0 Å². The lowest BCUT2D eigenvalue weighted by Gasteiger charge is -2.22. The lowest BCUT2D eigenvalue weighted by Crippen LogP contribution is -3.63. The summed E-state index contributed by atoms with van der Waals surface area (Å²) in [6, 6.07) is 8.84. The van der Waals surface area contributed by atoms with Crippen molar-refractivity contribution in [3.05, 3.63) is 38.0 Å². The zero-order valence-electron chi connectivity index (χ0n) is 12.3. The van der Waals surface area contributed by atoms with Gasteiger partial charge in [-0.2, -0.15) is 39.5 Å². The summed E-state index contributed by atoms with van der Waals surface area (Å²) < 4.78 is 145. The average Bonchev–Trinajstić information content (AvgIpc) is 2.43. The zero-order valence-corrected chi connectivity index (χ0v) is 16.1. The van der Waals surface area contributed by atoms with E-state index in [0.717, 1.165) is 7.70 Å². The summed E-state index contributed by atoms with van der Waals surface area (Å²) in [5, 5.41) is 0. The number of hydrogen-bond donors (Lipinski definition) is 0. The van der Waals surface area contributed by atoms with Crippen LogP contribution in [-0.4, -0.2) is 38.5 Å². The molecule has 0 amide bonds. The molecule has 0 bridgehead atoms. The molecule has 0 fully saturated rings. The van der Waals surface area contributed by atoms with Crippen molar-refractivity contribution in [2.24, 2.45) is 0 Å². The van der Waals surface area contributed by atoms with Crippen LogP contribution >= 0.6 is 0 Å². The van der Waals surface area contributed by atoms with Gasteiger partial charge in [0, 0.05) is 0 Å². The van der Waals surface area contributed by atoms with Crippen LogP contribution in [0.2, 0.25) is 0 Å². The van der Waals surface area contributed by atoms with Gasteiger partial charge in [-0.1, -0.05) is 18.2 Å². The molecule has 1 aromatic rings. The quantitative estimate of drug-likeness (QED) is 0.303. The highest BCUT2D eigenvalue weighted by atomic mass is 127. The Balaban J connectivity index is 0.000000511. The molecule has 1 aromatic carbocycles. The lowest BCUT2D eigenvalue weighted by molar-refractivity contribution is -0.650. The summed E-state index contributed by atoms with van der Waals surface area (Å²) >= 11 is -0.888. The van der Waals surface area contributed by atoms with Gasteiger partial charge in [-0.25, -0.2) is 16.8 Å². The molecule has 0 spiro atoms. The molecule has 0 N–H and O–H groups in total. The number of sulfonamides is 2. The number of halogens is 10. The Kier molecular flexibility index (Phi) is 8.84. The molecule has 17 heteroatoms. The predicted molar refractivity (Wildman–Crippen MR) is 69.4 cm³/mol. The summed E-state index contributed by atoms with van der Waals surface area (Å²) in [5.74, 6) is 0. The Morgan fingerprint density at radius 3 is 1.41 bits per heavy atom. The van der Waals surface area contributed by atoms with E-state index in [1.165, 1.54) is 0 Å². The van der Waals surface area contributed by atoms with Crippen molar-refractivity contribution < 1.29 is 77.6 Å². The highest BCUT2D eigenvalue weighted by molar-refractivity contribution is 8.13. The van der Waals surface area contributed by atoms with Gasteiger partial charge in [0.15, 0.2) is 23.6 Å². The summed E-state index contributed by atoms with van der Waals surface area (Å²) in [6.07, 6.45) is -4.00.